The Bertz CT molecular complexity index is 732. The van der Waals surface area contributed by atoms with E-state index in [9.17, 15) is 24.1 Å². The molecule has 1 aromatic rings. The second-order valence-electron chi connectivity index (χ2n) is 5.80. The van der Waals surface area contributed by atoms with Crippen LogP contribution in [0, 0.1) is 15.9 Å². The van der Waals surface area contributed by atoms with Crippen molar-refractivity contribution in [1.29, 1.82) is 0 Å². The highest BCUT2D eigenvalue weighted by molar-refractivity contribution is 6.01. The normalized spacial score (nSPS) is 14.7. The summed E-state index contributed by atoms with van der Waals surface area (Å²) in [7, 11) is 0. The Morgan fingerprint density at radius 2 is 2.00 bits per heavy atom. The van der Waals surface area contributed by atoms with Gasteiger partial charge in [-0.2, -0.15) is 0 Å². The number of carbonyl (C=O) groups is 2. The van der Waals surface area contributed by atoms with E-state index < -0.39 is 22.3 Å². The van der Waals surface area contributed by atoms with Crippen LogP contribution in [0.5, 0.6) is 0 Å². The maximum atomic E-state index is 13.6. The lowest BCUT2D eigenvalue weighted by atomic mass is 10.1. The number of nitrogens with two attached hydrogens (primary N) is 1. The third kappa shape index (κ3) is 4.54. The Labute approximate surface area is 149 Å². The Morgan fingerprint density at radius 3 is 2.58 bits per heavy atom. The monoisotopic (exact) mass is 365 g/mol. The molecule has 3 N–H and O–H groups in total. The van der Waals surface area contributed by atoms with Crippen molar-refractivity contribution in [2.24, 2.45) is 0 Å². The third-order valence-electron chi connectivity index (χ3n) is 4.02. The molecule has 1 aliphatic rings. The zero-order valence-electron chi connectivity index (χ0n) is 14.1. The molecule has 1 fully saturated rings. The predicted octanol–water partition coefficient (Wildman–Crippen LogP) is 0.376. The van der Waals surface area contributed by atoms with Gasteiger partial charge >= 0.3 is 0 Å². The van der Waals surface area contributed by atoms with E-state index in [0.717, 1.165) is 6.07 Å². The number of hydrogen-bond donors (Lipinski definition) is 2. The van der Waals surface area contributed by atoms with Crippen LogP contribution in [0.4, 0.5) is 15.8 Å². The van der Waals surface area contributed by atoms with Crippen LogP contribution < -0.4 is 11.1 Å². The van der Waals surface area contributed by atoms with Crippen LogP contribution in [-0.2, 0) is 4.79 Å². The molecule has 9 nitrogen and oxygen atoms in total. The van der Waals surface area contributed by atoms with Gasteiger partial charge in [0.2, 0.25) is 5.91 Å². The number of piperazine rings is 1. The van der Waals surface area contributed by atoms with Gasteiger partial charge in [0.25, 0.3) is 11.6 Å². The minimum absolute atomic E-state index is 0.144. The lowest BCUT2D eigenvalue weighted by molar-refractivity contribution is -0.384. The van der Waals surface area contributed by atoms with E-state index in [4.69, 9.17) is 5.73 Å². The Hall–Kier alpha value is -3.01. The number of nitrogens with zero attached hydrogens (tertiary/aromatic N) is 3. The minimum Gasteiger partial charge on any atom is -0.393 e. The molecule has 1 aromatic carbocycles. The molecule has 0 spiro atoms. The topological polar surface area (TPSA) is 122 Å². The Balaban J connectivity index is 2.02. The number of carbonyl (C=O) groups excluding carboxylic acids is 2. The molecule has 1 aliphatic heterocycles. The van der Waals surface area contributed by atoms with Gasteiger partial charge in [0.15, 0.2) is 0 Å². The molecule has 1 saturated heterocycles. The number of halogens is 1. The number of rotatable bonds is 6. The smallest absolute Gasteiger partial charge is 0.295 e. The highest BCUT2D eigenvalue weighted by Crippen LogP contribution is 2.28. The van der Waals surface area contributed by atoms with Gasteiger partial charge in [0, 0.05) is 32.7 Å². The van der Waals surface area contributed by atoms with Crippen LogP contribution in [0.3, 0.4) is 0 Å². The van der Waals surface area contributed by atoms with Crippen molar-refractivity contribution >= 4 is 23.2 Å². The molecular formula is C16H20FN5O4. The molecule has 140 valence electrons. The van der Waals surface area contributed by atoms with Crippen molar-refractivity contribution in [3.8, 4) is 0 Å². The van der Waals surface area contributed by atoms with Gasteiger partial charge in [-0.3, -0.25) is 24.6 Å². The van der Waals surface area contributed by atoms with Gasteiger partial charge < -0.3 is 16.0 Å². The second kappa shape index (κ2) is 8.39. The number of nitrogen functional groups attached to an aromatic ring is 1. The third-order valence-corrected chi connectivity index (χ3v) is 4.02. The molecule has 2 amide bonds. The maximum absolute atomic E-state index is 13.6. The first kappa shape index (κ1) is 19.3. The van der Waals surface area contributed by atoms with E-state index in [1.807, 2.05) is 4.90 Å². The largest absolute Gasteiger partial charge is 0.393 e. The molecule has 2 rings (SSSR count). The summed E-state index contributed by atoms with van der Waals surface area (Å²) in [5, 5.41) is 13.6. The van der Waals surface area contributed by atoms with Crippen LogP contribution in [0.25, 0.3) is 0 Å². The Morgan fingerprint density at radius 1 is 1.35 bits per heavy atom. The molecule has 10 heteroatoms. The van der Waals surface area contributed by atoms with E-state index in [1.165, 1.54) is 4.90 Å². The maximum Gasteiger partial charge on any atom is 0.295 e. The first-order valence-electron chi connectivity index (χ1n) is 7.96. The average Bonchev–Trinajstić information content (AvgIpc) is 2.61. The van der Waals surface area contributed by atoms with Gasteiger partial charge in [-0.15, -0.1) is 6.58 Å². The van der Waals surface area contributed by atoms with Gasteiger partial charge in [-0.25, -0.2) is 4.39 Å². The summed E-state index contributed by atoms with van der Waals surface area (Å²) >= 11 is 0. The van der Waals surface area contributed by atoms with E-state index in [2.05, 4.69) is 11.9 Å². The lowest BCUT2D eigenvalue weighted by Crippen LogP contribution is -2.51. The van der Waals surface area contributed by atoms with Crippen molar-refractivity contribution in [3.63, 3.8) is 0 Å². The fourth-order valence-electron chi connectivity index (χ4n) is 2.66. The van der Waals surface area contributed by atoms with Crippen LogP contribution in [0.15, 0.2) is 24.8 Å². The van der Waals surface area contributed by atoms with Crippen molar-refractivity contribution in [2.45, 2.75) is 0 Å². The van der Waals surface area contributed by atoms with Gasteiger partial charge in [-0.1, -0.05) is 6.08 Å². The number of amides is 2. The molecular weight excluding hydrogens is 345 g/mol. The quantitative estimate of drug-likeness (QED) is 0.325. The molecule has 0 saturated carbocycles. The average molecular weight is 365 g/mol. The first-order valence-corrected chi connectivity index (χ1v) is 7.96. The first-order chi connectivity index (χ1) is 12.3. The second-order valence-corrected chi connectivity index (χ2v) is 5.80. The van der Waals surface area contributed by atoms with Crippen LogP contribution in [0.2, 0.25) is 0 Å². The van der Waals surface area contributed by atoms with Crippen molar-refractivity contribution < 1.29 is 18.9 Å². The van der Waals surface area contributed by atoms with E-state index in [0.29, 0.717) is 38.8 Å². The van der Waals surface area contributed by atoms with E-state index in [-0.39, 0.29) is 23.7 Å². The number of benzene rings is 1. The number of nitro benzene ring substituents is 1. The summed E-state index contributed by atoms with van der Waals surface area (Å²) in [5.41, 5.74) is 4.46. The molecule has 26 heavy (non-hydrogen) atoms. The summed E-state index contributed by atoms with van der Waals surface area (Å²) in [6.07, 6.45) is 1.58. The zero-order chi connectivity index (χ0) is 19.3. The molecule has 1 heterocycles. The molecule has 0 atom stereocenters. The highest BCUT2D eigenvalue weighted by atomic mass is 19.1. The summed E-state index contributed by atoms with van der Waals surface area (Å²) in [6, 6.07) is 1.59. The van der Waals surface area contributed by atoms with Crippen molar-refractivity contribution in [1.82, 2.24) is 15.1 Å². The van der Waals surface area contributed by atoms with Crippen molar-refractivity contribution in [2.75, 3.05) is 45.0 Å². The van der Waals surface area contributed by atoms with E-state index in [1.54, 1.807) is 6.08 Å². The highest BCUT2D eigenvalue weighted by Gasteiger charge is 2.28. The van der Waals surface area contributed by atoms with Crippen LogP contribution in [0.1, 0.15) is 10.4 Å². The van der Waals surface area contributed by atoms with E-state index >= 15 is 0 Å². The van der Waals surface area contributed by atoms with Crippen LogP contribution in [-0.4, -0.2) is 65.8 Å². The van der Waals surface area contributed by atoms with Crippen LogP contribution >= 0.6 is 0 Å². The molecule has 0 unspecified atom stereocenters. The Kier molecular flexibility index (Phi) is 6.23. The number of hydrogen-bond acceptors (Lipinski definition) is 6. The van der Waals surface area contributed by atoms with Gasteiger partial charge in [0.1, 0.15) is 11.5 Å². The fraction of sp³-hybridized carbons (Fsp3) is 0.375. The fourth-order valence-corrected chi connectivity index (χ4v) is 2.66. The van der Waals surface area contributed by atoms with Gasteiger partial charge in [0.05, 0.1) is 23.1 Å². The minimum atomic E-state index is -0.897. The molecule has 0 bridgehead atoms. The summed E-state index contributed by atoms with van der Waals surface area (Å²) in [4.78, 5) is 37.7. The van der Waals surface area contributed by atoms with Gasteiger partial charge in [-0.05, 0) is 6.07 Å². The summed E-state index contributed by atoms with van der Waals surface area (Å²) in [6.45, 7) is 5.60. The number of anilines is 1. The molecule has 0 aliphatic carbocycles. The SMILES string of the molecule is C=CCNC(=O)CN1CCN(C(=O)c2cc(F)cc([N+](=O)[O-])c2N)CC1. The standard InChI is InChI=1S/C16H20FN5O4/c1-2-3-19-14(23)10-20-4-6-21(7-5-20)16(24)12-8-11(17)9-13(15(12)18)22(25)26/h2,8-9H,1,3-7,10,18H2,(H,19,23). The van der Waals surface area contributed by atoms with Crippen molar-refractivity contribution in [3.05, 3.63) is 46.3 Å². The summed E-state index contributed by atoms with van der Waals surface area (Å²) in [5.74, 6) is -1.61. The molecule has 0 aromatic heterocycles. The number of nitrogens with one attached hydrogen (secondary N) is 1. The zero-order valence-corrected chi connectivity index (χ0v) is 14.1. The molecule has 0 radical (unpaired) electrons. The number of nitro groups is 1. The predicted molar refractivity (Wildman–Crippen MR) is 93.0 cm³/mol. The summed E-state index contributed by atoms with van der Waals surface area (Å²) < 4.78 is 13.6. The lowest BCUT2D eigenvalue weighted by Gasteiger charge is -2.34.